The molecule has 3 heteroatoms. The van der Waals surface area contributed by atoms with Crippen LogP contribution in [0.2, 0.25) is 0 Å². The lowest BCUT2D eigenvalue weighted by atomic mass is 10.1. The SMILES string of the molecule is CCCCCCC(=O)OCCCCCCCO. The number of esters is 1. The van der Waals surface area contributed by atoms with E-state index in [1.807, 2.05) is 0 Å². The molecule has 17 heavy (non-hydrogen) atoms. The van der Waals surface area contributed by atoms with Gasteiger partial charge in [-0.1, -0.05) is 45.4 Å². The molecule has 0 spiro atoms. The molecule has 0 aliphatic rings. The minimum atomic E-state index is -0.0449. The number of aliphatic hydroxyl groups excluding tert-OH is 1. The van der Waals surface area contributed by atoms with Crippen molar-refractivity contribution in [2.45, 2.75) is 71.1 Å². The maximum atomic E-state index is 11.3. The lowest BCUT2D eigenvalue weighted by molar-refractivity contribution is -0.143. The molecule has 0 heterocycles. The first kappa shape index (κ1) is 16.4. The van der Waals surface area contributed by atoms with E-state index in [4.69, 9.17) is 9.84 Å². The summed E-state index contributed by atoms with van der Waals surface area (Å²) in [6, 6.07) is 0. The van der Waals surface area contributed by atoms with Crippen LogP contribution in [0.15, 0.2) is 0 Å². The van der Waals surface area contributed by atoms with Crippen molar-refractivity contribution in [3.05, 3.63) is 0 Å². The van der Waals surface area contributed by atoms with Crippen molar-refractivity contribution in [3.63, 3.8) is 0 Å². The molecule has 0 aromatic heterocycles. The van der Waals surface area contributed by atoms with Gasteiger partial charge < -0.3 is 9.84 Å². The second kappa shape index (κ2) is 13.5. The van der Waals surface area contributed by atoms with Crippen LogP contribution in [0, 0.1) is 0 Å². The number of hydrogen-bond donors (Lipinski definition) is 1. The summed E-state index contributed by atoms with van der Waals surface area (Å²) in [5, 5.41) is 8.59. The fourth-order valence-corrected chi connectivity index (χ4v) is 1.70. The summed E-state index contributed by atoms with van der Waals surface area (Å²) in [5.41, 5.74) is 0. The highest BCUT2D eigenvalue weighted by molar-refractivity contribution is 5.69. The van der Waals surface area contributed by atoms with Crippen LogP contribution in [0.1, 0.15) is 71.1 Å². The smallest absolute Gasteiger partial charge is 0.305 e. The molecule has 1 N–H and O–H groups in total. The Bertz CT molecular complexity index is 169. The van der Waals surface area contributed by atoms with Gasteiger partial charge in [0.05, 0.1) is 6.61 Å². The fourth-order valence-electron chi connectivity index (χ4n) is 1.70. The van der Waals surface area contributed by atoms with E-state index in [1.165, 1.54) is 12.8 Å². The second-order valence-corrected chi connectivity index (χ2v) is 4.52. The van der Waals surface area contributed by atoms with Crippen LogP contribution in [-0.2, 0) is 9.53 Å². The number of rotatable bonds is 12. The first-order chi connectivity index (χ1) is 8.31. The lowest BCUT2D eigenvalue weighted by Gasteiger charge is -2.04. The van der Waals surface area contributed by atoms with Gasteiger partial charge in [-0.2, -0.15) is 0 Å². The number of aliphatic hydroxyl groups is 1. The largest absolute Gasteiger partial charge is 0.466 e. The third-order valence-corrected chi connectivity index (χ3v) is 2.80. The molecule has 0 aliphatic carbocycles. The van der Waals surface area contributed by atoms with E-state index in [-0.39, 0.29) is 12.6 Å². The summed E-state index contributed by atoms with van der Waals surface area (Å²) in [4.78, 5) is 11.3. The quantitative estimate of drug-likeness (QED) is 0.422. The molecule has 0 bridgehead atoms. The van der Waals surface area contributed by atoms with Crippen molar-refractivity contribution in [1.82, 2.24) is 0 Å². The van der Waals surface area contributed by atoms with E-state index in [0.717, 1.165) is 44.9 Å². The van der Waals surface area contributed by atoms with Gasteiger partial charge in [-0.05, 0) is 19.3 Å². The van der Waals surface area contributed by atoms with Crippen LogP contribution in [0.3, 0.4) is 0 Å². The highest BCUT2D eigenvalue weighted by atomic mass is 16.5. The first-order valence-electron chi connectivity index (χ1n) is 7.07. The van der Waals surface area contributed by atoms with E-state index < -0.39 is 0 Å². The predicted molar refractivity (Wildman–Crippen MR) is 69.9 cm³/mol. The summed E-state index contributed by atoms with van der Waals surface area (Å²) < 4.78 is 5.14. The Morgan fingerprint density at radius 1 is 0.941 bits per heavy atom. The summed E-state index contributed by atoms with van der Waals surface area (Å²) >= 11 is 0. The van der Waals surface area contributed by atoms with Gasteiger partial charge in [-0.3, -0.25) is 4.79 Å². The lowest BCUT2D eigenvalue weighted by Crippen LogP contribution is -2.05. The molecule has 0 unspecified atom stereocenters. The molecule has 0 saturated heterocycles. The molecule has 0 aliphatic heterocycles. The number of carbonyl (C=O) groups is 1. The van der Waals surface area contributed by atoms with Crippen LogP contribution in [0.25, 0.3) is 0 Å². The average Bonchev–Trinajstić information content (AvgIpc) is 2.33. The van der Waals surface area contributed by atoms with Crippen LogP contribution in [0.4, 0.5) is 0 Å². The molecule has 0 fully saturated rings. The van der Waals surface area contributed by atoms with Gasteiger partial charge in [0.15, 0.2) is 0 Å². The third-order valence-electron chi connectivity index (χ3n) is 2.80. The molecule has 0 amide bonds. The summed E-state index contributed by atoms with van der Waals surface area (Å²) in [6.45, 7) is 3.01. The maximum absolute atomic E-state index is 11.3. The standard InChI is InChI=1S/C14H28O3/c1-2-3-4-8-11-14(16)17-13-10-7-5-6-9-12-15/h15H,2-13H2,1H3. The van der Waals surface area contributed by atoms with E-state index in [0.29, 0.717) is 13.0 Å². The molecule has 0 atom stereocenters. The van der Waals surface area contributed by atoms with Gasteiger partial charge >= 0.3 is 5.97 Å². The predicted octanol–water partition coefficient (Wildman–Crippen LogP) is 3.44. The van der Waals surface area contributed by atoms with Gasteiger partial charge in [0.1, 0.15) is 0 Å². The summed E-state index contributed by atoms with van der Waals surface area (Å²) in [6.07, 6.45) is 10.2. The molecular formula is C14H28O3. The Morgan fingerprint density at radius 3 is 2.29 bits per heavy atom. The van der Waals surface area contributed by atoms with E-state index in [1.54, 1.807) is 0 Å². The van der Waals surface area contributed by atoms with Crippen molar-refractivity contribution in [3.8, 4) is 0 Å². The number of unbranched alkanes of at least 4 members (excludes halogenated alkanes) is 7. The Labute approximate surface area is 106 Å². The van der Waals surface area contributed by atoms with Gasteiger partial charge in [-0.25, -0.2) is 0 Å². The van der Waals surface area contributed by atoms with Crippen LogP contribution in [-0.4, -0.2) is 24.3 Å². The van der Waals surface area contributed by atoms with Gasteiger partial charge in [-0.15, -0.1) is 0 Å². The zero-order valence-electron chi connectivity index (χ0n) is 11.2. The van der Waals surface area contributed by atoms with Gasteiger partial charge in [0.25, 0.3) is 0 Å². The molecule has 102 valence electrons. The van der Waals surface area contributed by atoms with Gasteiger partial charge in [0, 0.05) is 13.0 Å². The Balaban J connectivity index is 3.11. The van der Waals surface area contributed by atoms with Gasteiger partial charge in [0.2, 0.25) is 0 Å². The number of hydrogen-bond acceptors (Lipinski definition) is 3. The van der Waals surface area contributed by atoms with Crippen LogP contribution < -0.4 is 0 Å². The topological polar surface area (TPSA) is 46.5 Å². The summed E-state index contributed by atoms with van der Waals surface area (Å²) in [5.74, 6) is -0.0449. The molecule has 0 aromatic rings. The maximum Gasteiger partial charge on any atom is 0.305 e. The van der Waals surface area contributed by atoms with Crippen molar-refractivity contribution >= 4 is 5.97 Å². The average molecular weight is 244 g/mol. The molecule has 0 saturated carbocycles. The minimum absolute atomic E-state index is 0.0449. The molecule has 0 radical (unpaired) electrons. The van der Waals surface area contributed by atoms with Crippen LogP contribution in [0.5, 0.6) is 0 Å². The van der Waals surface area contributed by atoms with Crippen molar-refractivity contribution in [1.29, 1.82) is 0 Å². The Hall–Kier alpha value is -0.570. The zero-order chi connectivity index (χ0) is 12.8. The Kier molecular flexibility index (Phi) is 13.0. The summed E-state index contributed by atoms with van der Waals surface area (Å²) in [7, 11) is 0. The van der Waals surface area contributed by atoms with Crippen LogP contribution >= 0.6 is 0 Å². The fraction of sp³-hybridized carbons (Fsp3) is 0.929. The molecule has 3 nitrogen and oxygen atoms in total. The van der Waals surface area contributed by atoms with Crippen molar-refractivity contribution in [2.75, 3.05) is 13.2 Å². The van der Waals surface area contributed by atoms with E-state index in [9.17, 15) is 4.79 Å². The first-order valence-corrected chi connectivity index (χ1v) is 7.07. The van der Waals surface area contributed by atoms with Crippen molar-refractivity contribution < 1.29 is 14.6 Å². The second-order valence-electron chi connectivity index (χ2n) is 4.52. The van der Waals surface area contributed by atoms with E-state index in [2.05, 4.69) is 6.92 Å². The molecular weight excluding hydrogens is 216 g/mol. The monoisotopic (exact) mass is 244 g/mol. The minimum Gasteiger partial charge on any atom is -0.466 e. The highest BCUT2D eigenvalue weighted by Crippen LogP contribution is 2.05. The highest BCUT2D eigenvalue weighted by Gasteiger charge is 2.01. The normalized spacial score (nSPS) is 10.5. The zero-order valence-corrected chi connectivity index (χ0v) is 11.2. The van der Waals surface area contributed by atoms with E-state index >= 15 is 0 Å². The molecule has 0 rings (SSSR count). The van der Waals surface area contributed by atoms with Crippen molar-refractivity contribution in [2.24, 2.45) is 0 Å². The number of ether oxygens (including phenoxy) is 1. The Morgan fingerprint density at radius 2 is 1.59 bits per heavy atom. The third kappa shape index (κ3) is 13.4. The molecule has 0 aromatic carbocycles. The number of carbonyl (C=O) groups excluding carboxylic acids is 1.